The van der Waals surface area contributed by atoms with E-state index in [0.29, 0.717) is 5.69 Å². The van der Waals surface area contributed by atoms with Gasteiger partial charge in [-0.3, -0.25) is 9.97 Å². The number of nitrogens with zero attached hydrogens (tertiary/aromatic N) is 2. The minimum Gasteiger partial charge on any atom is -0.381 e. The van der Waals surface area contributed by atoms with Gasteiger partial charge in [0, 0.05) is 26.6 Å². The van der Waals surface area contributed by atoms with E-state index in [9.17, 15) is 5.11 Å². The Morgan fingerprint density at radius 2 is 2.27 bits per heavy atom. The number of hydrogen-bond donors (Lipinski definition) is 1. The summed E-state index contributed by atoms with van der Waals surface area (Å²) in [5, 5.41) is 10.0. The standard InChI is InChI=1S/C10H9BrN2OS/c1-6-7(11)4-9(15-6)10(14)8-5-12-2-3-13-8/h2-5,10,14H,1H3. The maximum absolute atomic E-state index is 10.0. The number of rotatable bonds is 2. The first-order chi connectivity index (χ1) is 7.18. The van der Waals surface area contributed by atoms with E-state index in [1.165, 1.54) is 0 Å². The highest BCUT2D eigenvalue weighted by atomic mass is 79.9. The first-order valence-corrected chi connectivity index (χ1v) is 5.99. The van der Waals surface area contributed by atoms with Crippen molar-refractivity contribution in [1.29, 1.82) is 0 Å². The Balaban J connectivity index is 2.32. The molecule has 78 valence electrons. The first-order valence-electron chi connectivity index (χ1n) is 4.38. The van der Waals surface area contributed by atoms with Crippen LogP contribution in [0.25, 0.3) is 0 Å². The molecule has 0 aromatic carbocycles. The zero-order chi connectivity index (χ0) is 10.8. The summed E-state index contributed by atoms with van der Waals surface area (Å²) in [5.41, 5.74) is 0.575. The molecular formula is C10H9BrN2OS. The van der Waals surface area contributed by atoms with Crippen LogP contribution in [0.5, 0.6) is 0 Å². The summed E-state index contributed by atoms with van der Waals surface area (Å²) in [4.78, 5) is 10.0. The fourth-order valence-corrected chi connectivity index (χ4v) is 2.77. The van der Waals surface area contributed by atoms with E-state index in [2.05, 4.69) is 25.9 Å². The van der Waals surface area contributed by atoms with Crippen LogP contribution in [0.2, 0.25) is 0 Å². The molecule has 1 N–H and O–H groups in total. The molecular weight excluding hydrogens is 276 g/mol. The molecule has 2 aromatic rings. The van der Waals surface area contributed by atoms with Gasteiger partial charge in [-0.25, -0.2) is 0 Å². The second-order valence-electron chi connectivity index (χ2n) is 3.09. The third kappa shape index (κ3) is 2.25. The molecule has 5 heteroatoms. The Morgan fingerprint density at radius 3 is 2.80 bits per heavy atom. The van der Waals surface area contributed by atoms with E-state index in [4.69, 9.17) is 0 Å². The highest BCUT2D eigenvalue weighted by molar-refractivity contribution is 9.10. The average molecular weight is 285 g/mol. The van der Waals surface area contributed by atoms with E-state index < -0.39 is 6.10 Å². The van der Waals surface area contributed by atoms with Crippen molar-refractivity contribution in [1.82, 2.24) is 9.97 Å². The van der Waals surface area contributed by atoms with Crippen LogP contribution in [-0.2, 0) is 0 Å². The molecule has 2 rings (SSSR count). The van der Waals surface area contributed by atoms with Crippen LogP contribution >= 0.6 is 27.3 Å². The molecule has 2 aromatic heterocycles. The average Bonchev–Trinajstić information content (AvgIpc) is 2.59. The number of halogens is 1. The third-order valence-corrected chi connectivity index (χ3v) is 4.20. The van der Waals surface area contributed by atoms with Crippen LogP contribution in [0.1, 0.15) is 21.6 Å². The third-order valence-electron chi connectivity index (χ3n) is 2.01. The van der Waals surface area contributed by atoms with Gasteiger partial charge in [0.2, 0.25) is 0 Å². The number of aliphatic hydroxyl groups is 1. The fraction of sp³-hybridized carbons (Fsp3) is 0.200. The summed E-state index contributed by atoms with van der Waals surface area (Å²) in [6, 6.07) is 1.92. The molecule has 0 saturated heterocycles. The van der Waals surface area contributed by atoms with Gasteiger partial charge in [0.15, 0.2) is 0 Å². The second kappa shape index (κ2) is 4.38. The topological polar surface area (TPSA) is 46.0 Å². The minimum atomic E-state index is -0.686. The molecule has 2 heterocycles. The van der Waals surface area contributed by atoms with E-state index >= 15 is 0 Å². The summed E-state index contributed by atoms with van der Waals surface area (Å²) in [5.74, 6) is 0. The van der Waals surface area contributed by atoms with Gasteiger partial charge in [-0.2, -0.15) is 0 Å². The maximum atomic E-state index is 10.0. The van der Waals surface area contributed by atoms with Gasteiger partial charge in [-0.05, 0) is 28.9 Å². The van der Waals surface area contributed by atoms with Gasteiger partial charge in [0.05, 0.1) is 11.9 Å². The van der Waals surface area contributed by atoms with Gasteiger partial charge in [-0.1, -0.05) is 0 Å². The Bertz CT molecular complexity index is 438. The molecule has 15 heavy (non-hydrogen) atoms. The number of aliphatic hydroxyl groups excluding tert-OH is 1. The minimum absolute atomic E-state index is 0.575. The Kier molecular flexibility index (Phi) is 3.14. The normalized spacial score (nSPS) is 12.7. The summed E-state index contributed by atoms with van der Waals surface area (Å²) in [6.45, 7) is 2.00. The molecule has 0 radical (unpaired) electrons. The molecule has 0 spiro atoms. The molecule has 0 aliphatic carbocycles. The van der Waals surface area contributed by atoms with Crippen molar-refractivity contribution >= 4 is 27.3 Å². The number of aromatic nitrogens is 2. The van der Waals surface area contributed by atoms with Crippen LogP contribution in [0.15, 0.2) is 29.1 Å². The van der Waals surface area contributed by atoms with Crippen LogP contribution in [0.3, 0.4) is 0 Å². The summed E-state index contributed by atoms with van der Waals surface area (Å²) in [7, 11) is 0. The lowest BCUT2D eigenvalue weighted by Gasteiger charge is -2.05. The van der Waals surface area contributed by atoms with Gasteiger partial charge in [0.25, 0.3) is 0 Å². The van der Waals surface area contributed by atoms with Crippen molar-refractivity contribution in [3.63, 3.8) is 0 Å². The highest BCUT2D eigenvalue weighted by Crippen LogP contribution is 2.32. The van der Waals surface area contributed by atoms with Gasteiger partial charge < -0.3 is 5.11 Å². The van der Waals surface area contributed by atoms with Crippen LogP contribution < -0.4 is 0 Å². The molecule has 0 amide bonds. The summed E-state index contributed by atoms with van der Waals surface area (Å²) in [6.07, 6.45) is 4.06. The molecule has 0 aliphatic heterocycles. The summed E-state index contributed by atoms with van der Waals surface area (Å²) < 4.78 is 1.02. The largest absolute Gasteiger partial charge is 0.381 e. The van der Waals surface area contributed by atoms with E-state index in [-0.39, 0.29) is 0 Å². The quantitative estimate of drug-likeness (QED) is 0.922. The van der Waals surface area contributed by atoms with Crippen molar-refractivity contribution in [2.45, 2.75) is 13.0 Å². The van der Waals surface area contributed by atoms with Crippen molar-refractivity contribution in [2.75, 3.05) is 0 Å². The molecule has 1 unspecified atom stereocenters. The van der Waals surface area contributed by atoms with Crippen molar-refractivity contribution in [2.24, 2.45) is 0 Å². The van der Waals surface area contributed by atoms with E-state index in [0.717, 1.165) is 14.2 Å². The van der Waals surface area contributed by atoms with Crippen LogP contribution in [0.4, 0.5) is 0 Å². The number of thiophene rings is 1. The van der Waals surface area contributed by atoms with Gasteiger partial charge >= 0.3 is 0 Å². The molecule has 1 atom stereocenters. The van der Waals surface area contributed by atoms with Gasteiger partial charge in [0.1, 0.15) is 6.10 Å². The Hall–Kier alpha value is -0.780. The van der Waals surface area contributed by atoms with Crippen LogP contribution in [0, 0.1) is 6.92 Å². The number of aryl methyl sites for hydroxylation is 1. The van der Waals surface area contributed by atoms with Crippen LogP contribution in [-0.4, -0.2) is 15.1 Å². The molecule has 0 fully saturated rings. The zero-order valence-electron chi connectivity index (χ0n) is 8.01. The Morgan fingerprint density at radius 1 is 1.47 bits per heavy atom. The lowest BCUT2D eigenvalue weighted by atomic mass is 10.2. The predicted octanol–water partition coefficient (Wildman–Crippen LogP) is 2.69. The molecule has 0 saturated carbocycles. The van der Waals surface area contributed by atoms with Crippen molar-refractivity contribution < 1.29 is 5.11 Å². The maximum Gasteiger partial charge on any atom is 0.132 e. The summed E-state index contributed by atoms with van der Waals surface area (Å²) >= 11 is 4.97. The smallest absolute Gasteiger partial charge is 0.132 e. The fourth-order valence-electron chi connectivity index (χ4n) is 1.21. The van der Waals surface area contributed by atoms with E-state index in [1.807, 2.05) is 13.0 Å². The second-order valence-corrected chi connectivity index (χ2v) is 5.23. The monoisotopic (exact) mass is 284 g/mol. The van der Waals surface area contributed by atoms with E-state index in [1.54, 1.807) is 29.9 Å². The lowest BCUT2D eigenvalue weighted by molar-refractivity contribution is 0.218. The van der Waals surface area contributed by atoms with Gasteiger partial charge in [-0.15, -0.1) is 11.3 Å². The van der Waals surface area contributed by atoms with Crippen molar-refractivity contribution in [3.05, 3.63) is 44.6 Å². The lowest BCUT2D eigenvalue weighted by Crippen LogP contribution is -2.00. The molecule has 0 bridgehead atoms. The highest BCUT2D eigenvalue weighted by Gasteiger charge is 2.15. The van der Waals surface area contributed by atoms with Crippen molar-refractivity contribution in [3.8, 4) is 0 Å². The molecule has 3 nitrogen and oxygen atoms in total. The first kappa shape index (κ1) is 10.7. The molecule has 0 aliphatic rings. The Labute approximate surface area is 100.0 Å². The predicted molar refractivity (Wildman–Crippen MR) is 62.8 cm³/mol. The SMILES string of the molecule is Cc1sc(C(O)c2cnccn2)cc1Br. The number of hydrogen-bond acceptors (Lipinski definition) is 4. The zero-order valence-corrected chi connectivity index (χ0v) is 10.4.